The molecule has 1 fully saturated rings. The summed E-state index contributed by atoms with van der Waals surface area (Å²) >= 11 is 0. The predicted molar refractivity (Wildman–Crippen MR) is 128 cm³/mol. The van der Waals surface area contributed by atoms with E-state index in [1.807, 2.05) is 23.1 Å². The van der Waals surface area contributed by atoms with Gasteiger partial charge in [-0.2, -0.15) is 5.10 Å². The molecule has 0 aliphatic carbocycles. The van der Waals surface area contributed by atoms with Crippen LogP contribution in [0.4, 0.5) is 0 Å². The number of rotatable bonds is 9. The fraction of sp³-hybridized carbons (Fsp3) is 0.524. The van der Waals surface area contributed by atoms with E-state index in [4.69, 9.17) is 9.73 Å². The molecule has 2 heterocycles. The van der Waals surface area contributed by atoms with Gasteiger partial charge in [0.1, 0.15) is 0 Å². The molecule has 0 bridgehead atoms. The van der Waals surface area contributed by atoms with Gasteiger partial charge in [0.25, 0.3) is 0 Å². The molecule has 1 saturated heterocycles. The highest BCUT2D eigenvalue weighted by Gasteiger charge is 2.10. The Morgan fingerprint density at radius 3 is 2.76 bits per heavy atom. The summed E-state index contributed by atoms with van der Waals surface area (Å²) in [6.07, 6.45) is 4.80. The average molecular weight is 512 g/mol. The van der Waals surface area contributed by atoms with E-state index in [-0.39, 0.29) is 24.0 Å². The number of hydrogen-bond donors (Lipinski definition) is 2. The number of hydrogen-bond acceptors (Lipinski definition) is 4. The Morgan fingerprint density at radius 2 is 2.00 bits per heavy atom. The summed E-state index contributed by atoms with van der Waals surface area (Å²) in [5.41, 5.74) is 2.58. The van der Waals surface area contributed by atoms with Crippen LogP contribution in [0.15, 0.2) is 47.7 Å². The Labute approximate surface area is 190 Å². The molecule has 2 N–H and O–H groups in total. The number of benzene rings is 1. The lowest BCUT2D eigenvalue weighted by Crippen LogP contribution is -2.38. The normalized spacial score (nSPS) is 15.0. The van der Waals surface area contributed by atoms with E-state index >= 15 is 0 Å². The number of ether oxygens (including phenoxy) is 1. The zero-order valence-electron chi connectivity index (χ0n) is 17.2. The third-order valence-electron chi connectivity index (χ3n) is 4.68. The molecule has 0 unspecified atom stereocenters. The summed E-state index contributed by atoms with van der Waals surface area (Å²) < 4.78 is 7.38. The van der Waals surface area contributed by atoms with Gasteiger partial charge in [0, 0.05) is 51.7 Å². The van der Waals surface area contributed by atoms with Crippen molar-refractivity contribution in [2.45, 2.75) is 33.0 Å². The van der Waals surface area contributed by atoms with Gasteiger partial charge in [0.2, 0.25) is 0 Å². The van der Waals surface area contributed by atoms with Gasteiger partial charge in [0.15, 0.2) is 5.96 Å². The van der Waals surface area contributed by atoms with Gasteiger partial charge >= 0.3 is 0 Å². The van der Waals surface area contributed by atoms with Crippen molar-refractivity contribution in [3.63, 3.8) is 0 Å². The minimum Gasteiger partial charge on any atom is -0.379 e. The molecule has 8 heteroatoms. The van der Waals surface area contributed by atoms with Crippen LogP contribution < -0.4 is 10.6 Å². The van der Waals surface area contributed by atoms with Gasteiger partial charge in [-0.15, -0.1) is 24.0 Å². The van der Waals surface area contributed by atoms with E-state index in [0.717, 1.165) is 64.9 Å². The number of aryl methyl sites for hydroxylation is 1. The molecule has 2 aromatic rings. The van der Waals surface area contributed by atoms with E-state index in [2.05, 4.69) is 51.8 Å². The standard InChI is InChI=1S/C21H32N6O.HI/c1-2-22-21(23-8-4-10-27-11-5-9-25-27)24-17-19-6-3-7-20(16-19)18-26-12-14-28-15-13-26;/h3,5-7,9,11,16H,2,4,8,10,12-15,17-18H2,1H3,(H2,22,23,24);1H. The molecular formula is C21H33IN6O. The summed E-state index contributed by atoms with van der Waals surface area (Å²) in [5, 5.41) is 11.0. The lowest BCUT2D eigenvalue weighted by molar-refractivity contribution is 0.0342. The Balaban J connectivity index is 0.00000300. The molecule has 29 heavy (non-hydrogen) atoms. The fourth-order valence-corrected chi connectivity index (χ4v) is 3.24. The van der Waals surface area contributed by atoms with Crippen LogP contribution in [0.2, 0.25) is 0 Å². The number of aliphatic imine (C=N–C) groups is 1. The van der Waals surface area contributed by atoms with E-state index < -0.39 is 0 Å². The number of halogens is 1. The quantitative estimate of drug-likeness (QED) is 0.234. The maximum Gasteiger partial charge on any atom is 0.191 e. The second-order valence-corrected chi connectivity index (χ2v) is 6.95. The van der Waals surface area contributed by atoms with Crippen LogP contribution in [0.5, 0.6) is 0 Å². The summed E-state index contributed by atoms with van der Waals surface area (Å²) in [6, 6.07) is 10.7. The number of nitrogens with zero attached hydrogens (tertiary/aromatic N) is 4. The highest BCUT2D eigenvalue weighted by atomic mass is 127. The first kappa shape index (κ1) is 23.6. The third-order valence-corrected chi connectivity index (χ3v) is 4.68. The van der Waals surface area contributed by atoms with Crippen LogP contribution in [0.1, 0.15) is 24.5 Å². The first-order valence-electron chi connectivity index (χ1n) is 10.2. The SMILES string of the molecule is CCNC(=NCc1cccc(CN2CCOCC2)c1)NCCCn1cccn1.I. The highest BCUT2D eigenvalue weighted by molar-refractivity contribution is 14.0. The van der Waals surface area contributed by atoms with Crippen molar-refractivity contribution in [3.8, 4) is 0 Å². The van der Waals surface area contributed by atoms with Gasteiger partial charge in [-0.1, -0.05) is 24.3 Å². The maximum atomic E-state index is 5.43. The second-order valence-electron chi connectivity index (χ2n) is 6.95. The van der Waals surface area contributed by atoms with Crippen LogP contribution >= 0.6 is 24.0 Å². The molecule has 160 valence electrons. The van der Waals surface area contributed by atoms with Crippen molar-refractivity contribution >= 4 is 29.9 Å². The molecule has 1 aromatic heterocycles. The number of nitrogens with one attached hydrogen (secondary N) is 2. The third kappa shape index (κ3) is 8.71. The van der Waals surface area contributed by atoms with Crippen LogP contribution in [-0.2, 0) is 24.4 Å². The average Bonchev–Trinajstić information content (AvgIpc) is 3.24. The molecule has 0 spiro atoms. The topological polar surface area (TPSA) is 66.7 Å². The van der Waals surface area contributed by atoms with E-state index in [9.17, 15) is 0 Å². The van der Waals surface area contributed by atoms with Crippen molar-refractivity contribution in [1.82, 2.24) is 25.3 Å². The van der Waals surface area contributed by atoms with Crippen LogP contribution in [-0.4, -0.2) is 60.0 Å². The van der Waals surface area contributed by atoms with Gasteiger partial charge in [-0.05, 0) is 30.5 Å². The largest absolute Gasteiger partial charge is 0.379 e. The Morgan fingerprint density at radius 1 is 1.17 bits per heavy atom. The van der Waals surface area contributed by atoms with Crippen molar-refractivity contribution < 1.29 is 4.74 Å². The first-order valence-corrected chi connectivity index (χ1v) is 10.2. The zero-order valence-corrected chi connectivity index (χ0v) is 19.5. The van der Waals surface area contributed by atoms with E-state index in [1.54, 1.807) is 0 Å². The van der Waals surface area contributed by atoms with Gasteiger partial charge in [0.05, 0.1) is 19.8 Å². The van der Waals surface area contributed by atoms with Gasteiger partial charge in [-0.25, -0.2) is 4.99 Å². The van der Waals surface area contributed by atoms with Crippen LogP contribution in [0.3, 0.4) is 0 Å². The maximum absolute atomic E-state index is 5.43. The molecule has 0 amide bonds. The van der Waals surface area contributed by atoms with Crippen molar-refractivity contribution in [3.05, 3.63) is 53.9 Å². The summed E-state index contributed by atoms with van der Waals surface area (Å²) in [6.45, 7) is 10.0. The Bertz CT molecular complexity index is 716. The monoisotopic (exact) mass is 512 g/mol. The Kier molecular flexibility index (Phi) is 11.0. The summed E-state index contributed by atoms with van der Waals surface area (Å²) in [4.78, 5) is 7.19. The highest BCUT2D eigenvalue weighted by Crippen LogP contribution is 2.11. The fourth-order valence-electron chi connectivity index (χ4n) is 3.24. The smallest absolute Gasteiger partial charge is 0.191 e. The minimum atomic E-state index is 0. The van der Waals surface area contributed by atoms with Gasteiger partial charge in [-0.3, -0.25) is 9.58 Å². The zero-order chi connectivity index (χ0) is 19.4. The molecule has 0 atom stereocenters. The molecule has 7 nitrogen and oxygen atoms in total. The molecular weight excluding hydrogens is 479 g/mol. The van der Waals surface area contributed by atoms with E-state index in [0.29, 0.717) is 6.54 Å². The summed E-state index contributed by atoms with van der Waals surface area (Å²) in [7, 11) is 0. The van der Waals surface area contributed by atoms with Crippen molar-refractivity contribution in [1.29, 1.82) is 0 Å². The van der Waals surface area contributed by atoms with Crippen LogP contribution in [0, 0.1) is 0 Å². The number of guanidine groups is 1. The second kappa shape index (κ2) is 13.6. The number of aromatic nitrogens is 2. The molecule has 3 rings (SSSR count). The number of morpholine rings is 1. The molecule has 1 aromatic carbocycles. The summed E-state index contributed by atoms with van der Waals surface area (Å²) in [5.74, 6) is 0.863. The van der Waals surface area contributed by atoms with Crippen LogP contribution in [0.25, 0.3) is 0 Å². The Hall–Kier alpha value is -1.65. The molecule has 1 aliphatic rings. The lowest BCUT2D eigenvalue weighted by atomic mass is 10.1. The van der Waals surface area contributed by atoms with Crippen molar-refractivity contribution in [2.75, 3.05) is 39.4 Å². The molecule has 0 saturated carbocycles. The van der Waals surface area contributed by atoms with Crippen molar-refractivity contribution in [2.24, 2.45) is 4.99 Å². The predicted octanol–water partition coefficient (Wildman–Crippen LogP) is 2.48. The molecule has 1 aliphatic heterocycles. The lowest BCUT2D eigenvalue weighted by Gasteiger charge is -2.26. The molecule has 0 radical (unpaired) electrons. The van der Waals surface area contributed by atoms with Gasteiger partial charge < -0.3 is 15.4 Å². The minimum absolute atomic E-state index is 0. The first-order chi connectivity index (χ1) is 13.8. The van der Waals surface area contributed by atoms with E-state index in [1.165, 1.54) is 11.1 Å².